The van der Waals surface area contributed by atoms with Gasteiger partial charge in [0, 0.05) is 42.2 Å². The van der Waals surface area contributed by atoms with E-state index in [1.54, 1.807) is 30.9 Å². The maximum Gasteiger partial charge on any atom is 0.306 e. The summed E-state index contributed by atoms with van der Waals surface area (Å²) in [5, 5.41) is 8.43. The van der Waals surface area contributed by atoms with Gasteiger partial charge in [-0.3, -0.25) is 14.4 Å². The Morgan fingerprint density at radius 3 is 2.37 bits per heavy atom. The molecule has 0 aliphatic carbocycles. The summed E-state index contributed by atoms with van der Waals surface area (Å²) in [5.74, 6) is -0.263. The van der Waals surface area contributed by atoms with E-state index in [9.17, 15) is 19.5 Å². The lowest BCUT2D eigenvalue weighted by atomic mass is 9.94. The number of hydrogen-bond acceptors (Lipinski definition) is 7. The number of thioether (sulfide) groups is 2. The van der Waals surface area contributed by atoms with Gasteiger partial charge >= 0.3 is 5.97 Å². The van der Waals surface area contributed by atoms with E-state index in [0.29, 0.717) is 44.0 Å². The molecule has 2 aromatic rings. The van der Waals surface area contributed by atoms with Crippen LogP contribution in [-0.4, -0.2) is 73.1 Å². The monoisotopic (exact) mass is 600 g/mol. The maximum atomic E-state index is 14.4. The predicted octanol–water partition coefficient (Wildman–Crippen LogP) is 5.72. The van der Waals surface area contributed by atoms with Crippen molar-refractivity contribution in [2.75, 3.05) is 45.0 Å². The Morgan fingerprint density at radius 1 is 1.07 bits per heavy atom. The first-order chi connectivity index (χ1) is 19.5. The standard InChI is InChI=1S/C31H40N2O6S2/c1-31(2,3)18-33-23-11-10-20(40-6)16-22(23)28(21-8-7-9-24(38-4)27(21)39-5)41-25(29(33)35)17-26(34)32-14-12-19(13-15-32)30(36)37/h7-11,16,19,25,28H,12-15,17-18H2,1-6H3,(H,36,37). The van der Waals surface area contributed by atoms with Crippen molar-refractivity contribution in [3.63, 3.8) is 0 Å². The van der Waals surface area contributed by atoms with E-state index in [2.05, 4.69) is 26.8 Å². The first kappa shape index (κ1) is 31.1. The molecule has 0 saturated carbocycles. The number of methoxy groups -OCH3 is 2. The number of carboxylic acids is 1. The van der Waals surface area contributed by atoms with Crippen molar-refractivity contribution >= 4 is 47.0 Å². The third-order valence-electron chi connectivity index (χ3n) is 7.56. The second kappa shape index (κ2) is 13.0. The van der Waals surface area contributed by atoms with Gasteiger partial charge in [-0.1, -0.05) is 32.9 Å². The van der Waals surface area contributed by atoms with Crippen LogP contribution in [0.1, 0.15) is 56.4 Å². The molecule has 2 unspecified atom stereocenters. The van der Waals surface area contributed by atoms with E-state index in [0.717, 1.165) is 21.7 Å². The van der Waals surface area contributed by atoms with Crippen molar-refractivity contribution in [1.29, 1.82) is 0 Å². The van der Waals surface area contributed by atoms with E-state index in [-0.39, 0.29) is 28.9 Å². The molecule has 41 heavy (non-hydrogen) atoms. The summed E-state index contributed by atoms with van der Waals surface area (Å²) in [4.78, 5) is 44.0. The average Bonchev–Trinajstić information content (AvgIpc) is 3.06. The highest BCUT2D eigenvalue weighted by atomic mass is 32.2. The quantitative estimate of drug-likeness (QED) is 0.384. The van der Waals surface area contributed by atoms with Gasteiger partial charge in [0.25, 0.3) is 0 Å². The molecule has 222 valence electrons. The number of fused-ring (bicyclic) bond motifs is 1. The lowest BCUT2D eigenvalue weighted by Crippen LogP contribution is -2.45. The maximum absolute atomic E-state index is 14.4. The summed E-state index contributed by atoms with van der Waals surface area (Å²) >= 11 is 3.11. The summed E-state index contributed by atoms with van der Waals surface area (Å²) in [6.07, 6.45) is 2.92. The van der Waals surface area contributed by atoms with Gasteiger partial charge in [-0.25, -0.2) is 0 Å². The second-order valence-corrected chi connectivity index (χ2v) is 13.9. The van der Waals surface area contributed by atoms with Crippen LogP contribution in [0, 0.1) is 11.3 Å². The molecule has 1 saturated heterocycles. The zero-order chi connectivity index (χ0) is 29.9. The Balaban J connectivity index is 1.79. The highest BCUT2D eigenvalue weighted by Gasteiger charge is 2.41. The van der Waals surface area contributed by atoms with Gasteiger partial charge in [0.1, 0.15) is 0 Å². The fourth-order valence-corrected chi connectivity index (χ4v) is 7.43. The number of carboxylic acid groups (broad SMARTS) is 1. The molecule has 2 aliphatic rings. The number of piperidine rings is 1. The van der Waals surface area contributed by atoms with E-state index >= 15 is 0 Å². The molecule has 0 bridgehead atoms. The number of ether oxygens (including phenoxy) is 2. The normalized spacial score (nSPS) is 19.9. The van der Waals surface area contributed by atoms with Crippen LogP contribution in [0.3, 0.4) is 0 Å². The number of hydrogen-bond donors (Lipinski definition) is 1. The third-order valence-corrected chi connectivity index (χ3v) is 9.76. The predicted molar refractivity (Wildman–Crippen MR) is 164 cm³/mol. The average molecular weight is 601 g/mol. The van der Waals surface area contributed by atoms with Crippen molar-refractivity contribution in [2.45, 2.75) is 55.4 Å². The largest absolute Gasteiger partial charge is 0.493 e. The molecule has 2 atom stereocenters. The minimum absolute atomic E-state index is 0.0358. The van der Waals surface area contributed by atoms with Gasteiger partial charge in [0.05, 0.1) is 30.6 Å². The van der Waals surface area contributed by atoms with Crippen LogP contribution < -0.4 is 14.4 Å². The van der Waals surface area contributed by atoms with Crippen molar-refractivity contribution in [2.24, 2.45) is 11.3 Å². The molecular weight excluding hydrogens is 560 g/mol. The molecule has 8 nitrogen and oxygen atoms in total. The van der Waals surface area contributed by atoms with Crippen molar-refractivity contribution < 1.29 is 29.0 Å². The number of likely N-dealkylation sites (tertiary alicyclic amines) is 1. The molecule has 0 spiro atoms. The van der Waals surface area contributed by atoms with Crippen LogP contribution >= 0.6 is 23.5 Å². The van der Waals surface area contributed by atoms with Crippen LogP contribution in [-0.2, 0) is 14.4 Å². The second-order valence-electron chi connectivity index (χ2n) is 11.7. The molecule has 0 radical (unpaired) electrons. The minimum atomic E-state index is -0.818. The van der Waals surface area contributed by atoms with Gasteiger partial charge in [0.15, 0.2) is 11.5 Å². The number of anilines is 1. The van der Waals surface area contributed by atoms with E-state index in [1.807, 2.05) is 41.5 Å². The number of benzene rings is 2. The molecule has 2 amide bonds. The van der Waals surface area contributed by atoms with Crippen LogP contribution in [0.25, 0.3) is 0 Å². The molecule has 1 fully saturated rings. The Bertz CT molecular complexity index is 1290. The van der Waals surface area contributed by atoms with Gasteiger partial charge in [-0.2, -0.15) is 0 Å². The van der Waals surface area contributed by atoms with Crippen molar-refractivity contribution in [3.05, 3.63) is 47.5 Å². The molecule has 0 aromatic heterocycles. The minimum Gasteiger partial charge on any atom is -0.493 e. The topological polar surface area (TPSA) is 96.4 Å². The fraction of sp³-hybridized carbons (Fsp3) is 0.516. The number of nitrogens with zero attached hydrogens (tertiary/aromatic N) is 2. The number of para-hydroxylation sites is 1. The lowest BCUT2D eigenvalue weighted by Gasteiger charge is -2.33. The van der Waals surface area contributed by atoms with Crippen molar-refractivity contribution in [3.8, 4) is 11.5 Å². The van der Waals surface area contributed by atoms with Gasteiger partial charge < -0.3 is 24.4 Å². The third kappa shape index (κ3) is 6.97. The summed E-state index contributed by atoms with van der Waals surface area (Å²) in [6.45, 7) is 7.57. The van der Waals surface area contributed by atoms with E-state index in [4.69, 9.17) is 9.47 Å². The SMILES string of the molecule is COc1cccc(C2SC(CC(=O)N3CCC(C(=O)O)CC3)C(=O)N(CC(C)(C)C)c3ccc(SC)cc32)c1OC. The summed E-state index contributed by atoms with van der Waals surface area (Å²) in [5.41, 5.74) is 2.52. The molecule has 1 N–H and O–H groups in total. The zero-order valence-corrected chi connectivity index (χ0v) is 26.3. The number of carbonyl (C=O) groups excluding carboxylic acids is 2. The molecule has 2 heterocycles. The van der Waals surface area contributed by atoms with E-state index in [1.165, 1.54) is 11.8 Å². The fourth-order valence-electron chi connectivity index (χ4n) is 5.50. The van der Waals surface area contributed by atoms with Crippen LogP contribution in [0.15, 0.2) is 41.3 Å². The summed E-state index contributed by atoms with van der Waals surface area (Å²) < 4.78 is 11.5. The smallest absolute Gasteiger partial charge is 0.306 e. The first-order valence-electron chi connectivity index (χ1n) is 13.8. The number of carbonyl (C=O) groups is 3. The summed E-state index contributed by atoms with van der Waals surface area (Å²) in [7, 11) is 3.21. The number of amides is 2. The van der Waals surface area contributed by atoms with Gasteiger partial charge in [-0.15, -0.1) is 23.5 Å². The Labute approximate surface area is 251 Å². The number of rotatable bonds is 8. The highest BCUT2D eigenvalue weighted by molar-refractivity contribution is 8.01. The molecule has 2 aliphatic heterocycles. The Kier molecular flexibility index (Phi) is 9.85. The molecule has 4 rings (SSSR count). The number of aliphatic carboxylic acids is 1. The lowest BCUT2D eigenvalue weighted by molar-refractivity contribution is -0.145. The molecular formula is C31H40N2O6S2. The highest BCUT2D eigenvalue weighted by Crippen LogP contribution is 2.51. The van der Waals surface area contributed by atoms with Crippen molar-refractivity contribution in [1.82, 2.24) is 4.90 Å². The Morgan fingerprint density at radius 2 is 1.78 bits per heavy atom. The first-order valence-corrected chi connectivity index (χ1v) is 16.0. The van der Waals surface area contributed by atoms with Crippen LogP contribution in [0.4, 0.5) is 5.69 Å². The zero-order valence-electron chi connectivity index (χ0n) is 24.6. The van der Waals surface area contributed by atoms with Gasteiger partial charge in [-0.05, 0) is 54.3 Å². The molecule has 10 heteroatoms. The molecule has 2 aromatic carbocycles. The van der Waals surface area contributed by atoms with Crippen LogP contribution in [0.2, 0.25) is 0 Å². The van der Waals surface area contributed by atoms with Crippen LogP contribution in [0.5, 0.6) is 11.5 Å². The Hall–Kier alpha value is -2.85. The summed E-state index contributed by atoms with van der Waals surface area (Å²) in [6, 6.07) is 12.0. The van der Waals surface area contributed by atoms with E-state index < -0.39 is 17.1 Å². The van der Waals surface area contributed by atoms with Gasteiger partial charge in [0.2, 0.25) is 11.8 Å².